The second-order valence-electron chi connectivity index (χ2n) is 22.5. The van der Waals surface area contributed by atoms with Crippen molar-refractivity contribution in [1.29, 1.82) is 0 Å². The Morgan fingerprint density at radius 2 is 1.49 bits per heavy atom. The van der Waals surface area contributed by atoms with E-state index in [1.807, 2.05) is 42.7 Å². The molecule has 0 spiro atoms. The van der Waals surface area contributed by atoms with Crippen molar-refractivity contribution < 1.29 is 82.5 Å². The number of allylic oxidation sites excluding steroid dienone is 2. The van der Waals surface area contributed by atoms with Crippen LogP contribution in [0.25, 0.3) is 44.6 Å². The number of hydrogen-bond donors (Lipinski definition) is 9. The molecule has 6 aromatic heterocycles. The fraction of sp³-hybridized carbons (Fsp3) is 0.349. The monoisotopic (exact) mass is 1340 g/mol. The van der Waals surface area contributed by atoms with Gasteiger partial charge in [-0.15, -0.1) is 0 Å². The van der Waals surface area contributed by atoms with E-state index >= 15 is 0 Å². The second kappa shape index (κ2) is 29.4. The highest BCUT2D eigenvalue weighted by Crippen LogP contribution is 2.35. The number of carbonyl (C=O) groups is 9. The van der Waals surface area contributed by atoms with Crippen molar-refractivity contribution in [2.24, 2.45) is 11.5 Å². The number of nitrogens with zero attached hydrogens (tertiary/aromatic N) is 12. The van der Waals surface area contributed by atoms with Crippen LogP contribution in [0.3, 0.4) is 0 Å². The van der Waals surface area contributed by atoms with Gasteiger partial charge in [-0.1, -0.05) is 18.2 Å². The number of carbonyl (C=O) groups excluding carboxylic acids is 8. The number of anilines is 2. The molecule has 2 aliphatic heterocycles. The maximum atomic E-state index is 14.1. The highest BCUT2D eigenvalue weighted by molar-refractivity contribution is 6.13. The topological polar surface area (TPSA) is 463 Å². The third-order valence-electron chi connectivity index (χ3n) is 15.7. The van der Waals surface area contributed by atoms with Gasteiger partial charge in [0, 0.05) is 100 Å². The third-order valence-corrected chi connectivity index (χ3v) is 15.7. The predicted molar refractivity (Wildman–Crippen MR) is 342 cm³/mol. The van der Waals surface area contributed by atoms with Crippen LogP contribution in [0.2, 0.25) is 0 Å². The molecule has 0 bridgehead atoms. The minimum Gasteiger partial charge on any atom is -0.491 e. The van der Waals surface area contributed by atoms with Crippen molar-refractivity contribution in [3.63, 3.8) is 0 Å². The van der Waals surface area contributed by atoms with Crippen LogP contribution in [0, 0.1) is 13.8 Å². The summed E-state index contributed by atoms with van der Waals surface area (Å²) in [6, 6.07) is 13.9. The van der Waals surface area contributed by atoms with E-state index in [1.165, 1.54) is 48.5 Å². The van der Waals surface area contributed by atoms with Crippen molar-refractivity contribution in [2.45, 2.75) is 110 Å². The number of rotatable bonds is 28. The Morgan fingerprint density at radius 1 is 0.763 bits per heavy atom. The number of nitrogens with two attached hydrogens (primary N) is 2. The number of fused-ring (bicyclic) bond motifs is 4. The minimum absolute atomic E-state index is 0.0394. The molecule has 34 heteroatoms. The van der Waals surface area contributed by atoms with Crippen LogP contribution in [0.5, 0.6) is 11.5 Å². The average Bonchev–Trinajstić information content (AvgIpc) is 1.62. The van der Waals surface area contributed by atoms with Crippen molar-refractivity contribution >= 4 is 98.1 Å². The predicted octanol–water partition coefficient (Wildman–Crippen LogP) is 1.82. The van der Waals surface area contributed by atoms with E-state index in [4.69, 9.17) is 40.4 Å². The molecule has 5 atom stereocenters. The van der Waals surface area contributed by atoms with Crippen LogP contribution in [-0.4, -0.2) is 196 Å². The number of aryl methyl sites for hydroxylation is 4. The molecule has 0 aliphatic carbocycles. The molecular weight excluding hydrogens is 1270 g/mol. The lowest BCUT2D eigenvalue weighted by atomic mass is 9.99. The molecular formula is C63H69N17O17. The highest BCUT2D eigenvalue weighted by Gasteiger charge is 2.48. The zero-order chi connectivity index (χ0) is 69.5. The molecule has 8 heterocycles. The average molecular weight is 1340 g/mol. The van der Waals surface area contributed by atoms with Crippen molar-refractivity contribution in [1.82, 2.24) is 63.7 Å². The molecule has 0 unspecified atom stereocenters. The maximum absolute atomic E-state index is 14.1. The number of pyridine rings is 2. The number of nitrogens with one attached hydrogen (secondary N) is 3. The summed E-state index contributed by atoms with van der Waals surface area (Å²) in [5.41, 5.74) is 15.0. The van der Waals surface area contributed by atoms with Crippen LogP contribution in [0.4, 0.5) is 16.4 Å². The van der Waals surface area contributed by atoms with Gasteiger partial charge in [0.05, 0.1) is 29.1 Å². The Hall–Kier alpha value is -11.5. The zero-order valence-electron chi connectivity index (χ0n) is 53.1. The number of imide groups is 1. The summed E-state index contributed by atoms with van der Waals surface area (Å²) >= 11 is 0. The number of aliphatic carboxylic acids is 1. The number of aromatic nitrogens is 10. The van der Waals surface area contributed by atoms with Crippen LogP contribution >= 0.6 is 0 Å². The third kappa shape index (κ3) is 15.2. The van der Waals surface area contributed by atoms with Gasteiger partial charge in [0.15, 0.2) is 11.9 Å². The first-order valence-electron chi connectivity index (χ1n) is 30.6. The number of carboxylic acid groups (broad SMARTS) is 1. The van der Waals surface area contributed by atoms with Gasteiger partial charge < -0.3 is 75.5 Å². The number of aliphatic hydroxyl groups excluding tert-OH is 3. The summed E-state index contributed by atoms with van der Waals surface area (Å²) in [5.74, 6) is -4.91. The molecule has 34 nitrogen and oxygen atoms in total. The first-order chi connectivity index (χ1) is 46.4. The Labute approximate surface area is 550 Å². The highest BCUT2D eigenvalue weighted by atomic mass is 16.7. The van der Waals surface area contributed by atoms with Gasteiger partial charge in [-0.3, -0.25) is 48.5 Å². The van der Waals surface area contributed by atoms with E-state index in [0.717, 1.165) is 17.1 Å². The molecule has 2 aliphatic rings. The fourth-order valence-corrected chi connectivity index (χ4v) is 10.8. The number of hydrogen-bond acceptors (Lipinski definition) is 22. The van der Waals surface area contributed by atoms with E-state index in [2.05, 4.69) is 36.1 Å². The summed E-state index contributed by atoms with van der Waals surface area (Å²) in [6.45, 7) is 7.75. The van der Waals surface area contributed by atoms with Crippen molar-refractivity contribution in [2.75, 3.05) is 43.9 Å². The number of amides is 8. The fourth-order valence-electron chi connectivity index (χ4n) is 10.8. The SMILES string of the molecule is CCn1nc(C)cc1C(=O)Nc1nc2cc(C(N)=O)cc(OCCCN(C)C(=O)OCc3ccc(O[C@@H]4O[C@H](C(=O)O)[C@@H](O)[C@H](O)[C@H]4O)c(NC(=O)CCNC(=O)CCN4C(=O)C=CC4=O)c3)c2n1C/C=C/Cn1c2ncc(C(N)=O)cc2c2ccc(-c3nc(C)nn3CC)nc21. The van der Waals surface area contributed by atoms with Crippen LogP contribution < -0.4 is 36.9 Å². The Kier molecular flexibility index (Phi) is 20.7. The molecule has 8 aromatic rings. The van der Waals surface area contributed by atoms with Gasteiger partial charge >= 0.3 is 12.1 Å². The van der Waals surface area contributed by atoms with E-state index in [0.29, 0.717) is 63.7 Å². The molecule has 97 heavy (non-hydrogen) atoms. The van der Waals surface area contributed by atoms with Gasteiger partial charge in [-0.25, -0.2) is 34.2 Å². The lowest BCUT2D eigenvalue weighted by Crippen LogP contribution is -2.61. The summed E-state index contributed by atoms with van der Waals surface area (Å²) < 4.78 is 29.9. The molecule has 10 rings (SSSR count). The van der Waals surface area contributed by atoms with E-state index in [9.17, 15) is 63.6 Å². The Balaban J connectivity index is 0.846. The first-order valence-corrected chi connectivity index (χ1v) is 30.6. The molecule has 2 aromatic carbocycles. The standard InChI is InChI=1S/C63H69N17O17/c1-6-79-42(25-32(3)73-79)59(90)72-62-71-41-28-35(54(64)88)29-44(49(41)77(62)21-8-9-22-78-56-38(27-36(30-67-56)55(65)89)37-12-13-39(70-57(37)78)58-68-33(4)74-80(58)7-2)94-24-10-20-75(5)63(93)95-31-34-11-14-43(96-61-52(87)50(85)51(86)53(97-61)60(91)92)40(26-34)69-46(82)17-19-66-45(81)18-23-76-47(83)15-16-48(76)84/h8-9,11-16,25-30,50-53,61,85-87H,6-7,10,17-24,31H2,1-5H3,(H2,64,88)(H2,65,89)(H,66,81)(H,69,82)(H,91,92)(H,71,72,90)/b9-8+/t50-,51-,52+,53-,61+/m0/s1. The number of aliphatic hydroxyl groups is 3. The Bertz CT molecular complexity index is 4470. The number of benzene rings is 2. The van der Waals surface area contributed by atoms with Gasteiger partial charge in [0.25, 0.3) is 17.7 Å². The van der Waals surface area contributed by atoms with Crippen LogP contribution in [-0.2, 0) is 66.2 Å². The van der Waals surface area contributed by atoms with Gasteiger partial charge in [-0.2, -0.15) is 10.2 Å². The largest absolute Gasteiger partial charge is 0.491 e. The lowest BCUT2D eigenvalue weighted by Gasteiger charge is -2.38. The maximum Gasteiger partial charge on any atom is 0.409 e. The summed E-state index contributed by atoms with van der Waals surface area (Å²) in [4.78, 5) is 136. The Morgan fingerprint density at radius 3 is 2.21 bits per heavy atom. The molecule has 0 radical (unpaired) electrons. The minimum atomic E-state index is -2.03. The molecule has 1 fully saturated rings. The van der Waals surface area contributed by atoms with Crippen LogP contribution in [0.1, 0.15) is 81.4 Å². The quantitative estimate of drug-likeness (QED) is 0.0192. The number of imidazole rings is 1. The van der Waals surface area contributed by atoms with Crippen LogP contribution in [0.15, 0.2) is 85.1 Å². The van der Waals surface area contributed by atoms with Gasteiger partial charge in [0.1, 0.15) is 70.4 Å². The van der Waals surface area contributed by atoms with Crippen molar-refractivity contribution in [3.05, 3.63) is 119 Å². The zero-order valence-corrected chi connectivity index (χ0v) is 53.1. The molecule has 1 saturated heterocycles. The van der Waals surface area contributed by atoms with E-state index < -0.39 is 90.7 Å². The number of ether oxygens (including phenoxy) is 4. The molecule has 0 saturated carbocycles. The van der Waals surface area contributed by atoms with Gasteiger partial charge in [-0.05, 0) is 88.2 Å². The number of carboxylic acids is 1. The smallest absolute Gasteiger partial charge is 0.409 e. The molecule has 11 N–H and O–H groups in total. The summed E-state index contributed by atoms with van der Waals surface area (Å²) in [6.07, 6.45) is -3.87. The van der Waals surface area contributed by atoms with Crippen molar-refractivity contribution in [3.8, 4) is 23.0 Å². The summed E-state index contributed by atoms with van der Waals surface area (Å²) in [7, 11) is 1.47. The van der Waals surface area contributed by atoms with E-state index in [-0.39, 0.29) is 110 Å². The molecule has 8 amide bonds. The van der Waals surface area contributed by atoms with Gasteiger partial charge in [0.2, 0.25) is 35.9 Å². The normalized spacial score (nSPS) is 16.9. The second-order valence-corrected chi connectivity index (χ2v) is 22.5. The first kappa shape index (κ1) is 68.4. The number of primary amides is 2. The lowest BCUT2D eigenvalue weighted by molar-refractivity contribution is -0.271. The van der Waals surface area contributed by atoms with E-state index in [1.54, 1.807) is 39.9 Å². The summed E-state index contributed by atoms with van der Waals surface area (Å²) in [5, 5.41) is 59.3. The molecule has 508 valence electrons.